The molecule has 0 amide bonds. The van der Waals surface area contributed by atoms with Gasteiger partial charge in [0, 0.05) is 0 Å². The van der Waals surface area contributed by atoms with E-state index in [-0.39, 0.29) is 20.9 Å². The van der Waals surface area contributed by atoms with Gasteiger partial charge in [-0.2, -0.15) is 0 Å². The predicted octanol–water partition coefficient (Wildman–Crippen LogP) is 5.16. The normalized spacial score (nSPS) is 10.0. The molecule has 0 aliphatic rings. The van der Waals surface area contributed by atoms with E-state index in [0.717, 1.165) is 18.2 Å². The molecule has 114 valence electrons. The maximum absolute atomic E-state index is 12.7. The fraction of sp³-hybridized carbons (Fsp3) is 0. The van der Waals surface area contributed by atoms with E-state index < -0.39 is 28.3 Å². The highest BCUT2D eigenvalue weighted by Gasteiger charge is 2.12. The first-order valence-electron chi connectivity index (χ1n) is 5.14. The van der Waals surface area contributed by atoms with Gasteiger partial charge in [0.25, 0.3) is 0 Å². The second kappa shape index (κ2) is 7.20. The minimum absolute atomic E-state index is 0.0331. The number of hydrogen-bond donors (Lipinski definition) is 2. The number of halogens is 7. The summed E-state index contributed by atoms with van der Waals surface area (Å²) in [4.78, 5) is 0. The monoisotopic (exact) mass is 404 g/mol. The highest BCUT2D eigenvalue weighted by atomic mass is 79.9. The largest absolute Gasteiger partial charge is 0.395 e. The van der Waals surface area contributed by atoms with Crippen molar-refractivity contribution >= 4 is 50.5 Å². The third kappa shape index (κ3) is 4.15. The lowest BCUT2D eigenvalue weighted by molar-refractivity contribution is 0.598. The lowest BCUT2D eigenvalue weighted by Gasteiger charge is -2.01. The smallest absolute Gasteiger partial charge is 0.158 e. The third-order valence-electron chi connectivity index (χ3n) is 2.23. The summed E-state index contributed by atoms with van der Waals surface area (Å²) in [6.07, 6.45) is 0. The summed E-state index contributed by atoms with van der Waals surface area (Å²) in [6.45, 7) is 0. The van der Waals surface area contributed by atoms with Gasteiger partial charge >= 0.3 is 0 Å². The van der Waals surface area contributed by atoms with Gasteiger partial charge in [-0.25, -0.2) is 17.6 Å². The molecule has 0 aromatic heterocycles. The van der Waals surface area contributed by atoms with Crippen LogP contribution in [0.15, 0.2) is 22.7 Å². The maximum Gasteiger partial charge on any atom is 0.158 e. The molecule has 21 heavy (non-hydrogen) atoms. The first-order valence-corrected chi connectivity index (χ1v) is 6.69. The average Bonchev–Trinajstić information content (AvgIpc) is 2.45. The van der Waals surface area contributed by atoms with Crippen molar-refractivity contribution in [1.29, 1.82) is 0 Å². The Bertz CT molecular complexity index is 630. The third-order valence-corrected chi connectivity index (χ3v) is 3.56. The standard InChI is InChI=1S/C6H3BrClF2N.C6H4ClF2N/c7-2-1-3(9)6(11)4(8)5(2)10;7-5-3(8)1-2-4(9)6(5)10/h1H,11H2;1-2H,10H2. The first kappa shape index (κ1) is 17.9. The Morgan fingerprint density at radius 1 is 0.810 bits per heavy atom. The van der Waals surface area contributed by atoms with Crippen LogP contribution in [0.2, 0.25) is 10.0 Å². The summed E-state index contributed by atoms with van der Waals surface area (Å²) in [5.74, 6) is -2.89. The number of nitrogen functional groups attached to an aromatic ring is 2. The van der Waals surface area contributed by atoms with Crippen molar-refractivity contribution in [3.05, 3.63) is 56.0 Å². The van der Waals surface area contributed by atoms with E-state index in [4.69, 9.17) is 34.7 Å². The summed E-state index contributed by atoms with van der Waals surface area (Å²) in [6, 6.07) is 2.78. The molecule has 0 unspecified atom stereocenters. The Hall–Kier alpha value is -1.18. The molecule has 0 spiro atoms. The first-order chi connectivity index (χ1) is 9.66. The lowest BCUT2D eigenvalue weighted by Crippen LogP contribution is -1.94. The Balaban J connectivity index is 0.000000211. The fourth-order valence-electron chi connectivity index (χ4n) is 1.12. The number of nitrogens with two attached hydrogens (primary N) is 2. The predicted molar refractivity (Wildman–Crippen MR) is 79.3 cm³/mol. The lowest BCUT2D eigenvalue weighted by atomic mass is 10.3. The molecule has 0 atom stereocenters. The van der Waals surface area contributed by atoms with Crippen LogP contribution in [0.1, 0.15) is 0 Å². The topological polar surface area (TPSA) is 52.0 Å². The van der Waals surface area contributed by atoms with Gasteiger partial charge in [-0.05, 0) is 34.1 Å². The number of hydrogen-bond acceptors (Lipinski definition) is 2. The minimum Gasteiger partial charge on any atom is -0.395 e. The minimum atomic E-state index is -0.745. The van der Waals surface area contributed by atoms with E-state index in [1.165, 1.54) is 0 Å². The molecule has 0 bridgehead atoms. The van der Waals surface area contributed by atoms with Gasteiger partial charge in [-0.3, -0.25) is 0 Å². The van der Waals surface area contributed by atoms with Crippen LogP contribution in [-0.4, -0.2) is 0 Å². The van der Waals surface area contributed by atoms with E-state index in [1.807, 2.05) is 0 Å². The zero-order chi connectivity index (χ0) is 16.3. The maximum atomic E-state index is 12.7. The molecule has 2 aromatic carbocycles. The van der Waals surface area contributed by atoms with Gasteiger partial charge in [0.1, 0.15) is 27.5 Å². The van der Waals surface area contributed by atoms with E-state index in [9.17, 15) is 17.6 Å². The van der Waals surface area contributed by atoms with Gasteiger partial charge in [-0.15, -0.1) is 0 Å². The molecule has 0 aliphatic heterocycles. The van der Waals surface area contributed by atoms with Gasteiger partial charge in [0.2, 0.25) is 0 Å². The molecule has 9 heteroatoms. The molecule has 2 aromatic rings. The molecule has 2 rings (SSSR count). The Labute approximate surface area is 135 Å². The quantitative estimate of drug-likeness (QED) is 0.275. The molecule has 2 nitrogen and oxygen atoms in total. The molecule has 0 radical (unpaired) electrons. The Morgan fingerprint density at radius 3 is 1.81 bits per heavy atom. The Morgan fingerprint density at radius 2 is 1.29 bits per heavy atom. The van der Waals surface area contributed by atoms with Crippen LogP contribution >= 0.6 is 39.1 Å². The van der Waals surface area contributed by atoms with Crippen LogP contribution in [0.4, 0.5) is 28.9 Å². The zero-order valence-electron chi connectivity index (χ0n) is 10.0. The van der Waals surface area contributed by atoms with Crippen molar-refractivity contribution in [2.75, 3.05) is 11.5 Å². The molecule has 4 N–H and O–H groups in total. The second-order valence-corrected chi connectivity index (χ2v) is 5.25. The summed E-state index contributed by atoms with van der Waals surface area (Å²) in [5.41, 5.74) is 9.41. The number of rotatable bonds is 0. The number of benzene rings is 2. The van der Waals surface area contributed by atoms with E-state index in [2.05, 4.69) is 15.9 Å². The summed E-state index contributed by atoms with van der Waals surface area (Å²) in [7, 11) is 0. The van der Waals surface area contributed by atoms with Crippen molar-refractivity contribution in [2.45, 2.75) is 0 Å². The number of anilines is 2. The van der Waals surface area contributed by atoms with Crippen LogP contribution in [0.25, 0.3) is 0 Å². The highest BCUT2D eigenvalue weighted by Crippen LogP contribution is 2.30. The van der Waals surface area contributed by atoms with Gasteiger partial charge < -0.3 is 11.5 Å². The van der Waals surface area contributed by atoms with Gasteiger partial charge in [-0.1, -0.05) is 23.2 Å². The van der Waals surface area contributed by atoms with Crippen molar-refractivity contribution in [2.24, 2.45) is 0 Å². The van der Waals surface area contributed by atoms with Gasteiger partial charge in [0.05, 0.1) is 15.8 Å². The molecule has 0 aliphatic carbocycles. The zero-order valence-corrected chi connectivity index (χ0v) is 13.1. The molecule has 0 saturated heterocycles. The van der Waals surface area contributed by atoms with Crippen molar-refractivity contribution in [3.63, 3.8) is 0 Å². The average molecular weight is 406 g/mol. The van der Waals surface area contributed by atoms with E-state index in [1.54, 1.807) is 0 Å². The van der Waals surface area contributed by atoms with Crippen molar-refractivity contribution in [3.8, 4) is 0 Å². The molecular weight excluding hydrogens is 399 g/mol. The van der Waals surface area contributed by atoms with Crippen molar-refractivity contribution in [1.82, 2.24) is 0 Å². The molecule has 0 heterocycles. The highest BCUT2D eigenvalue weighted by molar-refractivity contribution is 9.10. The van der Waals surface area contributed by atoms with Crippen LogP contribution < -0.4 is 11.5 Å². The fourth-order valence-corrected chi connectivity index (χ4v) is 1.98. The summed E-state index contributed by atoms with van der Waals surface area (Å²) < 4.78 is 50.1. The molecular formula is C12H7BrCl2F4N2. The molecule has 0 fully saturated rings. The van der Waals surface area contributed by atoms with E-state index in [0.29, 0.717) is 0 Å². The van der Waals surface area contributed by atoms with Crippen LogP contribution in [0, 0.1) is 23.3 Å². The SMILES string of the molecule is Nc1c(F)cc(Br)c(F)c1Cl.Nc1c(F)ccc(F)c1Cl. The second-order valence-electron chi connectivity index (χ2n) is 3.64. The summed E-state index contributed by atoms with van der Waals surface area (Å²) >= 11 is 13.3. The van der Waals surface area contributed by atoms with E-state index >= 15 is 0 Å². The Kier molecular flexibility index (Phi) is 6.12. The van der Waals surface area contributed by atoms with Crippen LogP contribution in [-0.2, 0) is 0 Å². The van der Waals surface area contributed by atoms with Gasteiger partial charge in [0.15, 0.2) is 5.82 Å². The van der Waals surface area contributed by atoms with Crippen LogP contribution in [0.5, 0.6) is 0 Å². The summed E-state index contributed by atoms with van der Waals surface area (Å²) in [5, 5.41) is -0.753. The molecule has 0 saturated carbocycles. The van der Waals surface area contributed by atoms with Crippen LogP contribution in [0.3, 0.4) is 0 Å². The van der Waals surface area contributed by atoms with Crippen molar-refractivity contribution < 1.29 is 17.6 Å².